The van der Waals surface area contributed by atoms with Crippen LogP contribution in [0.4, 0.5) is 0 Å². The van der Waals surface area contributed by atoms with Gasteiger partial charge in [-0.2, -0.15) is 0 Å². The summed E-state index contributed by atoms with van der Waals surface area (Å²) in [6.45, 7) is 0. The first-order valence-corrected chi connectivity index (χ1v) is 39.8. The van der Waals surface area contributed by atoms with Crippen LogP contribution in [0.3, 0.4) is 0 Å². The highest BCUT2D eigenvalue weighted by molar-refractivity contribution is 6.15. The molecular formula is C108H70N10. The van der Waals surface area contributed by atoms with Gasteiger partial charge in [0.1, 0.15) is 0 Å². The summed E-state index contributed by atoms with van der Waals surface area (Å²) in [5.74, 6) is 1.98. The number of hydrogen-bond donors (Lipinski definition) is 0. The third-order valence-corrected chi connectivity index (χ3v) is 22.7. The summed E-state index contributed by atoms with van der Waals surface area (Å²) in [6.07, 6.45) is 0. The van der Waals surface area contributed by atoms with Gasteiger partial charge in [0.15, 0.2) is 5.82 Å². The predicted molar refractivity (Wildman–Crippen MR) is 486 cm³/mol. The average molecular weight is 1510 g/mol. The molecule has 7 aromatic heterocycles. The molecule has 0 spiro atoms. The zero-order valence-corrected chi connectivity index (χ0v) is 63.9. The van der Waals surface area contributed by atoms with Crippen LogP contribution in [0.5, 0.6) is 0 Å². The molecule has 0 unspecified atom stereocenters. The molecule has 23 rings (SSSR count). The van der Waals surface area contributed by atoms with Gasteiger partial charge in [0.05, 0.1) is 78.3 Å². The molecule has 0 bridgehead atoms. The summed E-state index contributed by atoms with van der Waals surface area (Å²) in [5, 5.41) is 9.51. The average Bonchev–Trinajstić information content (AvgIpc) is 1.59. The number of benzene rings is 16. The van der Waals surface area contributed by atoms with Crippen molar-refractivity contribution >= 4 is 87.2 Å². The standard InChI is InChI=1S/C56H36N6.C52H34N4/c1-5-17-37(18-6-1)47-35-48(38-19-7-2-8-20-38)58-55(57-47)61-51-27-15-13-25-43(51)45-33-41(29-31-53(45)61)42-30-32-54-46(34-42)44-26-14-16-28-52(44)62(54)56-59-49(39-21-9-3-10-22-39)36-50(60-56)40-23-11-4-12-24-40;1-4-14-35(15-5-1)46-34-47(54-52(53-46)37-16-6-2-7-17-37)36-24-28-41(29-25-36)56-49-23-13-11-21-43(49)45-33-39(27-31-51(45)56)38-26-30-50-44(32-38)42-20-10-12-22-48(42)55(50)40-18-8-3-9-19-40/h1-36H;1-34H. The van der Waals surface area contributed by atoms with Crippen molar-refractivity contribution in [3.8, 4) is 124 Å². The zero-order valence-electron chi connectivity index (χ0n) is 63.9. The normalized spacial score (nSPS) is 11.6. The van der Waals surface area contributed by atoms with Gasteiger partial charge in [-0.3, -0.25) is 9.13 Å². The molecule has 0 amide bonds. The van der Waals surface area contributed by atoms with Gasteiger partial charge in [-0.1, -0.05) is 309 Å². The minimum absolute atomic E-state index is 0.632. The van der Waals surface area contributed by atoms with E-state index in [0.29, 0.717) is 17.7 Å². The molecule has 10 heteroatoms. The Labute approximate surface area is 680 Å². The fraction of sp³-hybridized carbons (Fsp3) is 0. The fourth-order valence-corrected chi connectivity index (χ4v) is 17.1. The van der Waals surface area contributed by atoms with Crippen molar-refractivity contribution in [1.29, 1.82) is 0 Å². The first-order chi connectivity index (χ1) is 58.5. The molecule has 0 saturated heterocycles. The maximum Gasteiger partial charge on any atom is 0.235 e. The van der Waals surface area contributed by atoms with E-state index in [9.17, 15) is 0 Å². The topological polar surface area (TPSA) is 97.1 Å². The van der Waals surface area contributed by atoms with Crippen LogP contribution < -0.4 is 0 Å². The van der Waals surface area contributed by atoms with Gasteiger partial charge >= 0.3 is 0 Å². The largest absolute Gasteiger partial charge is 0.309 e. The van der Waals surface area contributed by atoms with Crippen molar-refractivity contribution in [1.82, 2.24) is 48.2 Å². The Kier molecular flexibility index (Phi) is 17.0. The Morgan fingerprint density at radius 1 is 0.136 bits per heavy atom. The molecule has 0 aliphatic carbocycles. The number of hydrogen-bond acceptors (Lipinski definition) is 6. The minimum atomic E-state index is 0.632. The first-order valence-electron chi connectivity index (χ1n) is 39.8. The van der Waals surface area contributed by atoms with E-state index in [1.165, 1.54) is 60.4 Å². The van der Waals surface area contributed by atoms with Crippen LogP contribution >= 0.6 is 0 Å². The van der Waals surface area contributed by atoms with Crippen molar-refractivity contribution in [3.05, 3.63) is 425 Å². The van der Waals surface area contributed by atoms with Crippen LogP contribution in [0.25, 0.3) is 212 Å². The van der Waals surface area contributed by atoms with E-state index in [1.54, 1.807) is 0 Å². The number of rotatable bonds is 13. The van der Waals surface area contributed by atoms with E-state index < -0.39 is 0 Å². The highest BCUT2D eigenvalue weighted by atomic mass is 15.2. The second kappa shape index (κ2) is 29.2. The lowest BCUT2D eigenvalue weighted by Crippen LogP contribution is -2.04. The maximum absolute atomic E-state index is 5.23. The van der Waals surface area contributed by atoms with Crippen molar-refractivity contribution in [2.45, 2.75) is 0 Å². The third kappa shape index (κ3) is 12.3. The summed E-state index contributed by atoms with van der Waals surface area (Å²) in [6, 6.07) is 149. The summed E-state index contributed by atoms with van der Waals surface area (Å²) in [5.41, 5.74) is 28.4. The molecule has 23 aromatic rings. The van der Waals surface area contributed by atoms with Crippen LogP contribution in [-0.4, -0.2) is 48.2 Å². The molecule has 0 aliphatic heterocycles. The second-order valence-electron chi connectivity index (χ2n) is 29.8. The van der Waals surface area contributed by atoms with Crippen LogP contribution in [0.15, 0.2) is 425 Å². The van der Waals surface area contributed by atoms with Gasteiger partial charge < -0.3 is 9.13 Å². The van der Waals surface area contributed by atoms with E-state index in [2.05, 4.69) is 382 Å². The van der Waals surface area contributed by atoms with Crippen molar-refractivity contribution < 1.29 is 0 Å². The lowest BCUT2D eigenvalue weighted by atomic mass is 10.0. The van der Waals surface area contributed by atoms with Gasteiger partial charge in [-0.05, 0) is 138 Å². The third-order valence-electron chi connectivity index (χ3n) is 22.7. The van der Waals surface area contributed by atoms with Gasteiger partial charge in [0.25, 0.3) is 0 Å². The van der Waals surface area contributed by atoms with Crippen molar-refractivity contribution in [2.75, 3.05) is 0 Å². The molecule has 0 saturated carbocycles. The van der Waals surface area contributed by atoms with E-state index in [1.807, 2.05) is 60.7 Å². The zero-order chi connectivity index (χ0) is 78.0. The Hall–Kier alpha value is -16.0. The Bertz CT molecular complexity index is 7340. The highest BCUT2D eigenvalue weighted by Crippen LogP contribution is 2.43. The Morgan fingerprint density at radius 2 is 0.347 bits per heavy atom. The monoisotopic (exact) mass is 1510 g/mol. The predicted octanol–water partition coefficient (Wildman–Crippen LogP) is 27.1. The number of nitrogens with zero attached hydrogens (tertiary/aromatic N) is 10. The molecule has 10 nitrogen and oxygen atoms in total. The molecule has 0 fully saturated rings. The molecule has 16 aromatic carbocycles. The van der Waals surface area contributed by atoms with Crippen LogP contribution in [0.2, 0.25) is 0 Å². The maximum atomic E-state index is 5.23. The highest BCUT2D eigenvalue weighted by Gasteiger charge is 2.23. The summed E-state index contributed by atoms with van der Waals surface area (Å²) >= 11 is 0. The minimum Gasteiger partial charge on any atom is -0.309 e. The van der Waals surface area contributed by atoms with E-state index >= 15 is 0 Å². The SMILES string of the molecule is c1ccc(-c2cc(-c3ccc(-n4c5ccccc5c5cc(-c6ccc7c(c6)c6ccccc6n7-c6ccccc6)ccc54)cc3)nc(-c3ccccc3)n2)cc1.c1ccc(-c2cc(-c3ccccc3)nc(-n3c4ccccc4c4cc(-c5ccc6c(c5)c5ccccc5n6-c5nc(-c6ccccc6)cc(-c6ccccc6)n5)ccc43)n2)cc1. The Balaban J connectivity index is 0.000000143. The Morgan fingerprint density at radius 3 is 0.653 bits per heavy atom. The van der Waals surface area contributed by atoms with Gasteiger partial charge in [-0.25, -0.2) is 29.9 Å². The summed E-state index contributed by atoms with van der Waals surface area (Å²) < 4.78 is 9.15. The lowest BCUT2D eigenvalue weighted by Gasteiger charge is -2.12. The summed E-state index contributed by atoms with van der Waals surface area (Å²) in [7, 11) is 0. The molecule has 552 valence electrons. The smallest absolute Gasteiger partial charge is 0.235 e. The molecule has 0 N–H and O–H groups in total. The molecule has 0 aliphatic rings. The number of aromatic nitrogens is 10. The van der Waals surface area contributed by atoms with Gasteiger partial charge in [-0.15, -0.1) is 0 Å². The number of para-hydroxylation sites is 5. The van der Waals surface area contributed by atoms with E-state index in [4.69, 9.17) is 29.9 Å². The van der Waals surface area contributed by atoms with Gasteiger partial charge in [0.2, 0.25) is 11.9 Å². The molecule has 7 heterocycles. The van der Waals surface area contributed by atoms with E-state index in [0.717, 1.165) is 134 Å². The lowest BCUT2D eigenvalue weighted by molar-refractivity contribution is 0.995. The van der Waals surface area contributed by atoms with E-state index in [-0.39, 0.29) is 0 Å². The molecular weight excluding hydrogens is 1440 g/mol. The van der Waals surface area contributed by atoms with Crippen LogP contribution in [0.1, 0.15) is 0 Å². The van der Waals surface area contributed by atoms with Gasteiger partial charge in [0, 0.05) is 93.4 Å². The van der Waals surface area contributed by atoms with Crippen LogP contribution in [-0.2, 0) is 0 Å². The quantitative estimate of drug-likeness (QED) is 0.114. The molecule has 118 heavy (non-hydrogen) atoms. The van der Waals surface area contributed by atoms with Crippen molar-refractivity contribution in [2.24, 2.45) is 0 Å². The van der Waals surface area contributed by atoms with Crippen molar-refractivity contribution in [3.63, 3.8) is 0 Å². The van der Waals surface area contributed by atoms with Crippen LogP contribution in [0, 0.1) is 0 Å². The summed E-state index contributed by atoms with van der Waals surface area (Å²) in [4.78, 5) is 31.0. The number of fused-ring (bicyclic) bond motifs is 12. The second-order valence-corrected chi connectivity index (χ2v) is 29.8. The molecule has 0 radical (unpaired) electrons. The molecule has 0 atom stereocenters. The first kappa shape index (κ1) is 68.7. The fourth-order valence-electron chi connectivity index (χ4n) is 17.1.